The van der Waals surface area contributed by atoms with Crippen molar-refractivity contribution in [2.24, 2.45) is 17.3 Å². The number of hydrogen-bond acceptors (Lipinski definition) is 3. The highest BCUT2D eigenvalue weighted by molar-refractivity contribution is 5.80. The molecule has 1 aromatic carbocycles. The summed E-state index contributed by atoms with van der Waals surface area (Å²) >= 11 is 0. The first kappa shape index (κ1) is 24.3. The average molecular weight is 455 g/mol. The number of nitrogens with zero attached hydrogens (tertiary/aromatic N) is 2. The lowest BCUT2D eigenvalue weighted by Gasteiger charge is -2.51. The van der Waals surface area contributed by atoms with Crippen LogP contribution < -0.4 is 0 Å². The fraction of sp³-hybridized carbons (Fsp3) is 0.714. The van der Waals surface area contributed by atoms with Crippen LogP contribution in [0.15, 0.2) is 30.3 Å². The van der Waals surface area contributed by atoms with Crippen LogP contribution in [0.3, 0.4) is 0 Å². The van der Waals surface area contributed by atoms with Crippen LogP contribution in [0, 0.1) is 17.3 Å². The van der Waals surface area contributed by atoms with E-state index in [0.717, 1.165) is 6.42 Å². The molecule has 1 aliphatic carbocycles. The quantitative estimate of drug-likeness (QED) is 0.683. The molecule has 2 amide bonds. The molecule has 182 valence electrons. The SMILES string of the molecule is C[C@H](CC1CCCCC1)C(=O)N1CC[C@@](O)(CN2C[C@H](c3ccccc3)CC2=O)C(C)(C)C1. The van der Waals surface area contributed by atoms with Gasteiger partial charge in [0.15, 0.2) is 0 Å². The summed E-state index contributed by atoms with van der Waals surface area (Å²) in [6, 6.07) is 10.2. The third kappa shape index (κ3) is 5.29. The predicted octanol–water partition coefficient (Wildman–Crippen LogP) is 4.60. The van der Waals surface area contributed by atoms with E-state index < -0.39 is 11.0 Å². The molecule has 4 rings (SSSR count). The largest absolute Gasteiger partial charge is 0.387 e. The topological polar surface area (TPSA) is 60.9 Å². The molecule has 3 fully saturated rings. The second-order valence-corrected chi connectivity index (χ2v) is 11.7. The molecule has 3 aliphatic rings. The lowest BCUT2D eigenvalue weighted by Crippen LogP contribution is -2.63. The third-order valence-corrected chi connectivity index (χ3v) is 8.72. The molecule has 0 unspecified atom stereocenters. The molecule has 0 aromatic heterocycles. The van der Waals surface area contributed by atoms with Crippen molar-refractivity contribution < 1.29 is 14.7 Å². The smallest absolute Gasteiger partial charge is 0.225 e. The number of carbonyl (C=O) groups is 2. The molecule has 3 atom stereocenters. The standard InChI is InChI=1S/C28H42N2O3/c1-21(16-22-10-6-4-7-11-22)26(32)29-15-14-28(33,27(2,3)19-29)20-30-18-24(17-25(30)31)23-12-8-5-9-13-23/h5,8-9,12-13,21-22,24,33H,4,6-7,10-11,14-20H2,1-3H3/t21-,24-,28-/m1/s1. The van der Waals surface area contributed by atoms with Gasteiger partial charge in [0.2, 0.25) is 11.8 Å². The van der Waals surface area contributed by atoms with Gasteiger partial charge < -0.3 is 14.9 Å². The normalized spacial score (nSPS) is 29.3. The summed E-state index contributed by atoms with van der Waals surface area (Å²) in [6.45, 7) is 8.29. The van der Waals surface area contributed by atoms with Gasteiger partial charge in [-0.3, -0.25) is 9.59 Å². The van der Waals surface area contributed by atoms with Crippen LogP contribution in [0.2, 0.25) is 0 Å². The second kappa shape index (κ2) is 9.77. The summed E-state index contributed by atoms with van der Waals surface area (Å²) in [5.41, 5.74) is -0.277. The number of benzene rings is 1. The first-order chi connectivity index (χ1) is 15.7. The van der Waals surface area contributed by atoms with E-state index in [1.54, 1.807) is 0 Å². The van der Waals surface area contributed by atoms with E-state index in [0.29, 0.717) is 44.9 Å². The molecule has 0 spiro atoms. The minimum absolute atomic E-state index is 0.0434. The first-order valence-corrected chi connectivity index (χ1v) is 13.0. The van der Waals surface area contributed by atoms with Gasteiger partial charge in [0.05, 0.1) is 12.1 Å². The van der Waals surface area contributed by atoms with Crippen molar-refractivity contribution in [2.45, 2.75) is 83.7 Å². The van der Waals surface area contributed by atoms with Gasteiger partial charge in [0, 0.05) is 43.3 Å². The second-order valence-electron chi connectivity index (χ2n) is 11.7. The average Bonchev–Trinajstić information content (AvgIpc) is 3.16. The zero-order valence-corrected chi connectivity index (χ0v) is 20.8. The highest BCUT2D eigenvalue weighted by atomic mass is 16.3. The lowest BCUT2D eigenvalue weighted by atomic mass is 9.69. The number of rotatable bonds is 6. The molecule has 1 N–H and O–H groups in total. The number of piperidine rings is 1. The van der Waals surface area contributed by atoms with Crippen LogP contribution in [0.25, 0.3) is 0 Å². The van der Waals surface area contributed by atoms with Crippen molar-refractivity contribution in [1.82, 2.24) is 9.80 Å². The van der Waals surface area contributed by atoms with Gasteiger partial charge in [0.1, 0.15) is 0 Å². The fourth-order valence-electron chi connectivity index (χ4n) is 6.37. The molecular formula is C28H42N2O3. The highest BCUT2D eigenvalue weighted by Gasteiger charge is 2.51. The summed E-state index contributed by atoms with van der Waals surface area (Å²) < 4.78 is 0. The van der Waals surface area contributed by atoms with Crippen molar-refractivity contribution >= 4 is 11.8 Å². The minimum atomic E-state index is -0.988. The number of amides is 2. The Morgan fingerprint density at radius 3 is 2.52 bits per heavy atom. The Bertz CT molecular complexity index is 833. The monoisotopic (exact) mass is 454 g/mol. The van der Waals surface area contributed by atoms with Crippen LogP contribution >= 0.6 is 0 Å². The maximum Gasteiger partial charge on any atom is 0.225 e. The van der Waals surface area contributed by atoms with Crippen molar-refractivity contribution in [1.29, 1.82) is 0 Å². The molecule has 1 aromatic rings. The summed E-state index contributed by atoms with van der Waals surface area (Å²) in [6.07, 6.45) is 8.47. The zero-order valence-electron chi connectivity index (χ0n) is 20.8. The Hall–Kier alpha value is -1.88. The Balaban J connectivity index is 1.36. The number of carbonyl (C=O) groups excluding carboxylic acids is 2. The molecule has 2 aliphatic heterocycles. The van der Waals surface area contributed by atoms with E-state index in [1.807, 2.05) is 41.8 Å². The number of likely N-dealkylation sites (tertiary alicyclic amines) is 2. The molecule has 33 heavy (non-hydrogen) atoms. The molecule has 2 heterocycles. The van der Waals surface area contributed by atoms with E-state index in [-0.39, 0.29) is 23.7 Å². The first-order valence-electron chi connectivity index (χ1n) is 13.0. The summed E-state index contributed by atoms with van der Waals surface area (Å²) in [5, 5.41) is 11.7. The molecular weight excluding hydrogens is 412 g/mol. The Morgan fingerprint density at radius 1 is 1.15 bits per heavy atom. The Morgan fingerprint density at radius 2 is 1.85 bits per heavy atom. The van der Waals surface area contributed by atoms with E-state index in [1.165, 1.54) is 37.7 Å². The van der Waals surface area contributed by atoms with Crippen LogP contribution in [-0.2, 0) is 9.59 Å². The van der Waals surface area contributed by atoms with Crippen molar-refractivity contribution in [3.8, 4) is 0 Å². The Kier molecular flexibility index (Phi) is 7.18. The number of hydrogen-bond donors (Lipinski definition) is 1. The van der Waals surface area contributed by atoms with Crippen molar-refractivity contribution in [2.75, 3.05) is 26.2 Å². The van der Waals surface area contributed by atoms with Gasteiger partial charge in [-0.25, -0.2) is 0 Å². The van der Waals surface area contributed by atoms with E-state index >= 15 is 0 Å². The number of aliphatic hydroxyl groups is 1. The van der Waals surface area contributed by atoms with Crippen LogP contribution in [-0.4, -0.2) is 58.5 Å². The van der Waals surface area contributed by atoms with Gasteiger partial charge in [-0.1, -0.05) is 83.2 Å². The van der Waals surface area contributed by atoms with Crippen molar-refractivity contribution in [3.63, 3.8) is 0 Å². The van der Waals surface area contributed by atoms with Gasteiger partial charge >= 0.3 is 0 Å². The molecule has 5 nitrogen and oxygen atoms in total. The van der Waals surface area contributed by atoms with Gasteiger partial charge in [-0.15, -0.1) is 0 Å². The molecule has 0 radical (unpaired) electrons. The maximum atomic E-state index is 13.2. The highest BCUT2D eigenvalue weighted by Crippen LogP contribution is 2.41. The van der Waals surface area contributed by atoms with E-state index in [9.17, 15) is 14.7 Å². The summed E-state index contributed by atoms with van der Waals surface area (Å²) in [7, 11) is 0. The molecule has 5 heteroatoms. The van der Waals surface area contributed by atoms with Gasteiger partial charge in [-0.05, 0) is 24.3 Å². The summed E-state index contributed by atoms with van der Waals surface area (Å²) in [4.78, 5) is 29.9. The predicted molar refractivity (Wildman–Crippen MR) is 131 cm³/mol. The van der Waals surface area contributed by atoms with E-state index in [4.69, 9.17) is 0 Å². The summed E-state index contributed by atoms with van der Waals surface area (Å²) in [5.74, 6) is 1.27. The minimum Gasteiger partial charge on any atom is -0.387 e. The van der Waals surface area contributed by atoms with Crippen LogP contribution in [0.5, 0.6) is 0 Å². The lowest BCUT2D eigenvalue weighted by molar-refractivity contribution is -0.161. The fourth-order valence-corrected chi connectivity index (χ4v) is 6.37. The zero-order chi connectivity index (χ0) is 23.6. The van der Waals surface area contributed by atoms with Gasteiger partial charge in [-0.2, -0.15) is 0 Å². The van der Waals surface area contributed by atoms with Crippen LogP contribution in [0.1, 0.15) is 83.6 Å². The third-order valence-electron chi connectivity index (χ3n) is 8.72. The molecule has 1 saturated carbocycles. The van der Waals surface area contributed by atoms with Gasteiger partial charge in [0.25, 0.3) is 0 Å². The Labute approximate surface area is 199 Å². The number of β-amino-alcohol motifs (C(OH)–C–C–N with tert-alkyl or cyclic N) is 1. The maximum absolute atomic E-state index is 13.2. The van der Waals surface area contributed by atoms with Crippen LogP contribution in [0.4, 0.5) is 0 Å². The van der Waals surface area contributed by atoms with Crippen molar-refractivity contribution in [3.05, 3.63) is 35.9 Å². The molecule has 2 saturated heterocycles. The molecule has 0 bridgehead atoms. The van der Waals surface area contributed by atoms with E-state index in [2.05, 4.69) is 19.1 Å².